The van der Waals surface area contributed by atoms with Crippen molar-refractivity contribution in [2.75, 3.05) is 33.3 Å². The van der Waals surface area contributed by atoms with Crippen molar-refractivity contribution in [3.63, 3.8) is 0 Å². The van der Waals surface area contributed by atoms with Gasteiger partial charge < -0.3 is 40.1 Å². The number of hydrogen-bond acceptors (Lipinski definition) is 5. The van der Waals surface area contributed by atoms with Crippen LogP contribution in [0.5, 0.6) is 5.75 Å². The second-order valence-electron chi connectivity index (χ2n) is 12.2. The number of phenols is 1. The van der Waals surface area contributed by atoms with E-state index in [9.17, 15) is 24.3 Å². The van der Waals surface area contributed by atoms with E-state index in [1.165, 1.54) is 6.92 Å². The number of anilines is 4. The van der Waals surface area contributed by atoms with Crippen molar-refractivity contribution in [3.05, 3.63) is 102 Å². The summed E-state index contributed by atoms with van der Waals surface area (Å²) < 4.78 is 3.20. The zero-order valence-corrected chi connectivity index (χ0v) is 27.6. The number of amides is 4. The van der Waals surface area contributed by atoms with Gasteiger partial charge in [-0.15, -0.1) is 11.6 Å². The molecule has 0 bridgehead atoms. The SMILES string of the molecule is CC(=O)Nc1cc(C(=O)Nc2cc(C(=O)Nc3ccc4[nH]c(C(=O)N5C[C@@H](CCl)c6c5cc(O)c5ccccc65)cc4c3)n(C)c2)n(C)c1. The summed E-state index contributed by atoms with van der Waals surface area (Å²) in [6.07, 6.45) is 3.27. The number of benzene rings is 3. The zero-order valence-electron chi connectivity index (χ0n) is 26.8. The Kier molecular flexibility index (Phi) is 7.87. The van der Waals surface area contributed by atoms with Crippen LogP contribution in [0.2, 0.25) is 0 Å². The van der Waals surface area contributed by atoms with E-state index in [0.717, 1.165) is 16.3 Å². The third-order valence-electron chi connectivity index (χ3n) is 8.74. The number of carbonyl (C=O) groups is 4. The standard InChI is InChI=1S/C36H32ClN7O5/c1-19(45)38-23-12-30(42(2)17-23)35(48)40-24-13-31(43(3)18-24)34(47)39-22-8-9-27-20(10-22)11-28(41-27)36(49)44-16-21(15-37)33-26-7-5-4-6-25(26)32(46)14-29(33)44/h4-14,17-18,21,41,46H,15-16H2,1-3H3,(H,38,45)(H,39,47)(H,40,48)/t21-/m1/s1. The van der Waals surface area contributed by atoms with Crippen LogP contribution < -0.4 is 20.9 Å². The van der Waals surface area contributed by atoms with E-state index < -0.39 is 11.8 Å². The molecular formula is C36H32ClN7O5. The average Bonchev–Trinajstić information content (AvgIpc) is 3.84. The number of fused-ring (bicyclic) bond motifs is 4. The van der Waals surface area contributed by atoms with Crippen molar-refractivity contribution in [3.8, 4) is 5.75 Å². The molecule has 0 radical (unpaired) electrons. The molecule has 0 spiro atoms. The molecule has 248 valence electrons. The molecule has 0 unspecified atom stereocenters. The summed E-state index contributed by atoms with van der Waals surface area (Å²) in [6, 6.07) is 19.3. The normalized spacial score (nSPS) is 13.9. The smallest absolute Gasteiger partial charge is 0.274 e. The molecule has 13 heteroatoms. The predicted octanol–water partition coefficient (Wildman–Crippen LogP) is 6.15. The van der Waals surface area contributed by atoms with Gasteiger partial charge in [0.2, 0.25) is 5.91 Å². The van der Waals surface area contributed by atoms with Crippen LogP contribution in [0.25, 0.3) is 21.7 Å². The fraction of sp³-hybridized carbons (Fsp3) is 0.167. The lowest BCUT2D eigenvalue weighted by Crippen LogP contribution is -2.30. The van der Waals surface area contributed by atoms with Gasteiger partial charge >= 0.3 is 0 Å². The summed E-state index contributed by atoms with van der Waals surface area (Å²) in [4.78, 5) is 56.3. The summed E-state index contributed by atoms with van der Waals surface area (Å²) in [5, 5.41) is 21.4. The van der Waals surface area contributed by atoms with E-state index in [-0.39, 0.29) is 23.5 Å². The van der Waals surface area contributed by atoms with Crippen molar-refractivity contribution in [2.24, 2.45) is 14.1 Å². The van der Waals surface area contributed by atoms with Crippen LogP contribution in [0.4, 0.5) is 22.7 Å². The molecular weight excluding hydrogens is 646 g/mol. The Balaban J connectivity index is 1.08. The van der Waals surface area contributed by atoms with Gasteiger partial charge in [0.25, 0.3) is 17.7 Å². The van der Waals surface area contributed by atoms with Crippen LogP contribution in [0, 0.1) is 0 Å². The summed E-state index contributed by atoms with van der Waals surface area (Å²) >= 11 is 6.36. The number of alkyl halides is 1. The lowest BCUT2D eigenvalue weighted by molar-refractivity contribution is -0.114. The largest absolute Gasteiger partial charge is 0.507 e. The first-order valence-electron chi connectivity index (χ1n) is 15.5. The van der Waals surface area contributed by atoms with Crippen LogP contribution in [-0.2, 0) is 18.9 Å². The minimum atomic E-state index is -0.402. The molecule has 0 aliphatic carbocycles. The average molecular weight is 678 g/mol. The van der Waals surface area contributed by atoms with Gasteiger partial charge in [0.05, 0.1) is 17.1 Å². The van der Waals surface area contributed by atoms with Crippen LogP contribution in [0.15, 0.2) is 79.1 Å². The van der Waals surface area contributed by atoms with Crippen molar-refractivity contribution >= 4 is 79.7 Å². The number of H-pyrrole nitrogens is 1. The van der Waals surface area contributed by atoms with Gasteiger partial charge in [0.15, 0.2) is 0 Å². The Labute approximate surface area is 285 Å². The highest BCUT2D eigenvalue weighted by Crippen LogP contribution is 2.45. The van der Waals surface area contributed by atoms with E-state index in [1.807, 2.05) is 24.3 Å². The van der Waals surface area contributed by atoms with E-state index in [4.69, 9.17) is 11.6 Å². The zero-order chi connectivity index (χ0) is 34.6. The maximum atomic E-state index is 13.9. The maximum Gasteiger partial charge on any atom is 0.274 e. The molecule has 1 aliphatic heterocycles. The number of phenolic OH excluding ortho intramolecular Hbond substituents is 1. The highest BCUT2D eigenvalue weighted by molar-refractivity contribution is 6.19. The molecule has 0 fully saturated rings. The summed E-state index contributed by atoms with van der Waals surface area (Å²) in [5.41, 5.74) is 4.72. The molecule has 4 amide bonds. The number of aryl methyl sites for hydroxylation is 2. The minimum Gasteiger partial charge on any atom is -0.507 e. The van der Waals surface area contributed by atoms with Gasteiger partial charge in [-0.3, -0.25) is 19.2 Å². The van der Waals surface area contributed by atoms with Crippen molar-refractivity contribution in [1.29, 1.82) is 0 Å². The lowest BCUT2D eigenvalue weighted by atomic mass is 9.95. The van der Waals surface area contributed by atoms with E-state index in [2.05, 4.69) is 20.9 Å². The van der Waals surface area contributed by atoms with Crippen LogP contribution >= 0.6 is 11.6 Å². The first-order chi connectivity index (χ1) is 23.5. The third-order valence-corrected chi connectivity index (χ3v) is 9.11. The quantitative estimate of drug-likeness (QED) is 0.128. The highest BCUT2D eigenvalue weighted by atomic mass is 35.5. The lowest BCUT2D eigenvalue weighted by Gasteiger charge is -2.17. The summed E-state index contributed by atoms with van der Waals surface area (Å²) in [6.45, 7) is 1.77. The van der Waals surface area contributed by atoms with E-state index in [1.54, 1.807) is 83.0 Å². The minimum absolute atomic E-state index is 0.0929. The Morgan fingerprint density at radius 3 is 2.12 bits per heavy atom. The number of aromatic hydroxyl groups is 1. The number of aromatic amines is 1. The van der Waals surface area contributed by atoms with Crippen molar-refractivity contribution < 1.29 is 24.3 Å². The van der Waals surface area contributed by atoms with Gasteiger partial charge in [0.1, 0.15) is 22.8 Å². The molecule has 1 aliphatic rings. The number of rotatable bonds is 7. The summed E-state index contributed by atoms with van der Waals surface area (Å²) in [7, 11) is 3.39. The number of nitrogens with zero attached hydrogens (tertiary/aromatic N) is 3. The van der Waals surface area contributed by atoms with E-state index >= 15 is 0 Å². The van der Waals surface area contributed by atoms with E-state index in [0.29, 0.717) is 63.2 Å². The van der Waals surface area contributed by atoms with Crippen molar-refractivity contribution in [2.45, 2.75) is 12.8 Å². The van der Waals surface area contributed by atoms with Crippen LogP contribution in [-0.4, -0.2) is 55.3 Å². The molecule has 0 saturated carbocycles. The molecule has 5 N–H and O–H groups in total. The van der Waals surface area contributed by atoms with Gasteiger partial charge in [-0.1, -0.05) is 24.3 Å². The molecule has 6 aromatic rings. The Morgan fingerprint density at radius 2 is 1.47 bits per heavy atom. The van der Waals surface area contributed by atoms with Crippen molar-refractivity contribution in [1.82, 2.24) is 14.1 Å². The Morgan fingerprint density at radius 1 is 0.837 bits per heavy atom. The second-order valence-corrected chi connectivity index (χ2v) is 12.5. The molecule has 3 aromatic heterocycles. The number of halogens is 1. The third kappa shape index (κ3) is 5.76. The van der Waals surface area contributed by atoms with Crippen LogP contribution in [0.1, 0.15) is 49.9 Å². The molecule has 49 heavy (non-hydrogen) atoms. The van der Waals surface area contributed by atoms with Gasteiger partial charge in [-0.25, -0.2) is 0 Å². The Bertz CT molecular complexity index is 2330. The van der Waals surface area contributed by atoms with Gasteiger partial charge in [-0.2, -0.15) is 0 Å². The Hall–Kier alpha value is -6.01. The predicted molar refractivity (Wildman–Crippen MR) is 190 cm³/mol. The fourth-order valence-electron chi connectivity index (χ4n) is 6.53. The molecule has 7 rings (SSSR count). The monoisotopic (exact) mass is 677 g/mol. The second kappa shape index (κ2) is 12.2. The molecule has 0 saturated heterocycles. The summed E-state index contributed by atoms with van der Waals surface area (Å²) in [5.74, 6) is -0.972. The number of nitrogens with one attached hydrogen (secondary N) is 4. The van der Waals surface area contributed by atoms with Gasteiger partial charge in [-0.05, 0) is 47.3 Å². The number of aromatic nitrogens is 3. The number of hydrogen-bond donors (Lipinski definition) is 5. The van der Waals surface area contributed by atoms with Gasteiger partial charge in [0, 0.05) is 79.8 Å². The fourth-order valence-corrected chi connectivity index (χ4v) is 6.78. The topological polar surface area (TPSA) is 153 Å². The number of carbonyl (C=O) groups excluding carboxylic acids is 4. The van der Waals surface area contributed by atoms with Crippen LogP contribution in [0.3, 0.4) is 0 Å². The first kappa shape index (κ1) is 31.6. The first-order valence-corrected chi connectivity index (χ1v) is 16.0. The maximum absolute atomic E-state index is 13.9. The molecule has 1 atom stereocenters. The molecule has 3 aromatic carbocycles. The molecule has 4 heterocycles. The highest BCUT2D eigenvalue weighted by Gasteiger charge is 2.35. The molecule has 12 nitrogen and oxygen atoms in total.